The van der Waals surface area contributed by atoms with Crippen LogP contribution in [0.4, 0.5) is 4.39 Å². The van der Waals surface area contributed by atoms with E-state index in [0.29, 0.717) is 10.4 Å². The van der Waals surface area contributed by atoms with Crippen LogP contribution in [0.25, 0.3) is 0 Å². The number of ether oxygens (including phenoxy) is 1. The monoisotopic (exact) mass is 320 g/mol. The predicted octanol–water partition coefficient (Wildman–Crippen LogP) is 4.17. The molecule has 1 aromatic rings. The minimum atomic E-state index is -0.222. The van der Waals surface area contributed by atoms with E-state index in [2.05, 4.69) is 15.9 Å². The molecule has 0 amide bonds. The molecule has 1 fully saturated rings. The lowest BCUT2D eigenvalue weighted by molar-refractivity contribution is 0.0257. The molecule has 2 rings (SSSR count). The van der Waals surface area contributed by atoms with Gasteiger partial charge < -0.3 is 4.74 Å². The van der Waals surface area contributed by atoms with Gasteiger partial charge in [0.15, 0.2) is 0 Å². The third kappa shape index (κ3) is 3.21. The van der Waals surface area contributed by atoms with E-state index in [1.165, 1.54) is 6.07 Å². The molecule has 0 saturated carbocycles. The molecular formula is C13H15BrClFO. The summed E-state index contributed by atoms with van der Waals surface area (Å²) < 4.78 is 19.1. The van der Waals surface area contributed by atoms with E-state index in [9.17, 15) is 4.39 Å². The molecule has 1 aliphatic heterocycles. The van der Waals surface area contributed by atoms with Crippen molar-refractivity contribution in [3.05, 3.63) is 34.1 Å². The largest absolute Gasteiger partial charge is 0.381 e. The van der Waals surface area contributed by atoms with Crippen molar-refractivity contribution < 1.29 is 9.13 Å². The van der Waals surface area contributed by atoms with Crippen LogP contribution in [-0.2, 0) is 11.2 Å². The average molecular weight is 322 g/mol. The quantitative estimate of drug-likeness (QED) is 0.759. The molecule has 4 heteroatoms. The summed E-state index contributed by atoms with van der Waals surface area (Å²) in [5.41, 5.74) is 1.23. The number of halogens is 3. The van der Waals surface area contributed by atoms with Gasteiger partial charge in [-0.25, -0.2) is 4.39 Å². The predicted molar refractivity (Wildman–Crippen MR) is 71.0 cm³/mol. The van der Waals surface area contributed by atoms with Crippen molar-refractivity contribution in [2.75, 3.05) is 19.1 Å². The SMILES string of the molecule is Fc1ccc(CC2(CCl)CCOCC2)cc1Br. The summed E-state index contributed by atoms with van der Waals surface area (Å²) in [5.74, 6) is 0.409. The fraction of sp³-hybridized carbons (Fsp3) is 0.538. The molecular weight excluding hydrogens is 306 g/mol. The van der Waals surface area contributed by atoms with Gasteiger partial charge in [-0.05, 0) is 58.3 Å². The molecule has 94 valence electrons. The second-order valence-electron chi connectivity index (χ2n) is 4.67. The fourth-order valence-corrected chi connectivity index (χ4v) is 3.03. The van der Waals surface area contributed by atoms with Gasteiger partial charge in [0.05, 0.1) is 4.47 Å². The summed E-state index contributed by atoms with van der Waals surface area (Å²) in [4.78, 5) is 0. The molecule has 0 aliphatic carbocycles. The van der Waals surface area contributed by atoms with Gasteiger partial charge in [-0.3, -0.25) is 0 Å². The van der Waals surface area contributed by atoms with Gasteiger partial charge in [0.1, 0.15) is 5.82 Å². The van der Waals surface area contributed by atoms with Crippen molar-refractivity contribution in [2.24, 2.45) is 5.41 Å². The van der Waals surface area contributed by atoms with Crippen LogP contribution in [0.5, 0.6) is 0 Å². The molecule has 0 radical (unpaired) electrons. The second-order valence-corrected chi connectivity index (χ2v) is 5.79. The molecule has 0 N–H and O–H groups in total. The lowest BCUT2D eigenvalue weighted by Crippen LogP contribution is -2.33. The van der Waals surface area contributed by atoms with Gasteiger partial charge >= 0.3 is 0 Å². The highest BCUT2D eigenvalue weighted by molar-refractivity contribution is 9.10. The molecule has 0 spiro atoms. The highest BCUT2D eigenvalue weighted by Gasteiger charge is 2.32. The van der Waals surface area contributed by atoms with Crippen LogP contribution < -0.4 is 0 Å². The Balaban J connectivity index is 2.14. The fourth-order valence-electron chi connectivity index (χ4n) is 2.24. The first-order valence-electron chi connectivity index (χ1n) is 5.73. The van der Waals surface area contributed by atoms with E-state index < -0.39 is 0 Å². The molecule has 0 aromatic heterocycles. The molecule has 1 saturated heterocycles. The summed E-state index contributed by atoms with van der Waals surface area (Å²) in [6, 6.07) is 5.18. The number of benzene rings is 1. The molecule has 1 nitrogen and oxygen atoms in total. The Morgan fingerprint density at radius 2 is 2.06 bits per heavy atom. The molecule has 0 atom stereocenters. The first kappa shape index (κ1) is 13.3. The molecule has 17 heavy (non-hydrogen) atoms. The lowest BCUT2D eigenvalue weighted by atomic mass is 9.77. The zero-order valence-electron chi connectivity index (χ0n) is 9.52. The van der Waals surface area contributed by atoms with Crippen LogP contribution >= 0.6 is 27.5 Å². The van der Waals surface area contributed by atoms with Crippen molar-refractivity contribution in [3.8, 4) is 0 Å². The van der Waals surface area contributed by atoms with Gasteiger partial charge in [-0.15, -0.1) is 11.6 Å². The third-order valence-corrected chi connectivity index (χ3v) is 4.57. The standard InChI is InChI=1S/C13H15BrClFO/c14-11-7-10(1-2-12(11)16)8-13(9-15)3-5-17-6-4-13/h1-2,7H,3-6,8-9H2. The van der Waals surface area contributed by atoms with Crippen LogP contribution in [0.2, 0.25) is 0 Å². The molecule has 0 unspecified atom stereocenters. The van der Waals surface area contributed by atoms with Gasteiger partial charge in [-0.2, -0.15) is 0 Å². The van der Waals surface area contributed by atoms with Gasteiger partial charge in [0, 0.05) is 19.1 Å². The Labute approximate surface area is 114 Å². The van der Waals surface area contributed by atoms with Crippen molar-refractivity contribution >= 4 is 27.5 Å². The highest BCUT2D eigenvalue weighted by atomic mass is 79.9. The Morgan fingerprint density at radius 3 is 2.65 bits per heavy atom. The maximum atomic E-state index is 13.2. The first-order valence-corrected chi connectivity index (χ1v) is 7.06. The summed E-state index contributed by atoms with van der Waals surface area (Å²) in [6.45, 7) is 1.55. The topological polar surface area (TPSA) is 9.23 Å². The van der Waals surface area contributed by atoms with Crippen molar-refractivity contribution in [1.29, 1.82) is 0 Å². The van der Waals surface area contributed by atoms with Gasteiger partial charge in [0.2, 0.25) is 0 Å². The summed E-state index contributed by atoms with van der Waals surface area (Å²) in [5, 5.41) is 0. The minimum absolute atomic E-state index is 0.108. The summed E-state index contributed by atoms with van der Waals surface area (Å²) in [6.07, 6.45) is 2.84. The van der Waals surface area contributed by atoms with Crippen molar-refractivity contribution in [2.45, 2.75) is 19.3 Å². The first-order chi connectivity index (χ1) is 8.15. The Hall–Kier alpha value is -0.120. The maximum Gasteiger partial charge on any atom is 0.137 e. The van der Waals surface area contributed by atoms with E-state index >= 15 is 0 Å². The summed E-state index contributed by atoms with van der Waals surface area (Å²) in [7, 11) is 0. The van der Waals surface area contributed by atoms with Gasteiger partial charge in [0.25, 0.3) is 0 Å². The average Bonchev–Trinajstić information content (AvgIpc) is 2.35. The smallest absolute Gasteiger partial charge is 0.137 e. The van der Waals surface area contributed by atoms with E-state index in [4.69, 9.17) is 16.3 Å². The molecule has 1 aliphatic rings. The lowest BCUT2D eigenvalue weighted by Gasteiger charge is -2.35. The maximum absolute atomic E-state index is 13.2. The summed E-state index contributed by atoms with van der Waals surface area (Å²) >= 11 is 9.33. The van der Waals surface area contributed by atoms with E-state index in [0.717, 1.165) is 38.0 Å². The van der Waals surface area contributed by atoms with E-state index in [1.54, 1.807) is 0 Å². The number of hydrogen-bond donors (Lipinski definition) is 0. The third-order valence-electron chi connectivity index (χ3n) is 3.40. The van der Waals surface area contributed by atoms with Crippen LogP contribution in [0.15, 0.2) is 22.7 Å². The Morgan fingerprint density at radius 1 is 1.35 bits per heavy atom. The van der Waals surface area contributed by atoms with Crippen molar-refractivity contribution in [3.63, 3.8) is 0 Å². The highest BCUT2D eigenvalue weighted by Crippen LogP contribution is 2.36. The zero-order valence-corrected chi connectivity index (χ0v) is 11.9. The van der Waals surface area contributed by atoms with E-state index in [-0.39, 0.29) is 11.2 Å². The van der Waals surface area contributed by atoms with Crippen LogP contribution in [0.3, 0.4) is 0 Å². The van der Waals surface area contributed by atoms with Crippen LogP contribution in [0, 0.1) is 11.2 Å². The Kier molecular flexibility index (Phi) is 4.45. The zero-order chi connectivity index (χ0) is 12.3. The van der Waals surface area contributed by atoms with Gasteiger partial charge in [-0.1, -0.05) is 6.07 Å². The molecule has 0 bridgehead atoms. The Bertz CT molecular complexity index is 391. The second kappa shape index (κ2) is 5.68. The number of hydrogen-bond acceptors (Lipinski definition) is 1. The minimum Gasteiger partial charge on any atom is -0.381 e. The van der Waals surface area contributed by atoms with E-state index in [1.807, 2.05) is 12.1 Å². The molecule has 1 heterocycles. The van der Waals surface area contributed by atoms with Crippen LogP contribution in [0.1, 0.15) is 18.4 Å². The normalized spacial score (nSPS) is 19.2. The van der Waals surface area contributed by atoms with Crippen molar-refractivity contribution in [1.82, 2.24) is 0 Å². The molecule has 1 aromatic carbocycles. The van der Waals surface area contributed by atoms with Crippen LogP contribution in [-0.4, -0.2) is 19.1 Å². The number of rotatable bonds is 3. The number of alkyl halides is 1.